The van der Waals surface area contributed by atoms with Crippen LogP contribution in [0, 0.1) is 13.8 Å². The Morgan fingerprint density at radius 3 is 2.50 bits per heavy atom. The molecule has 0 fully saturated rings. The second-order valence-corrected chi connectivity index (χ2v) is 4.55. The number of hydrogen-bond donors (Lipinski definition) is 2. The molecule has 1 amide bonds. The van der Waals surface area contributed by atoms with E-state index in [2.05, 4.69) is 5.43 Å². The predicted molar refractivity (Wildman–Crippen MR) is 71.2 cm³/mol. The van der Waals surface area contributed by atoms with Gasteiger partial charge in [-0.15, -0.1) is 0 Å². The van der Waals surface area contributed by atoms with Crippen LogP contribution in [-0.4, -0.2) is 32.1 Å². The second-order valence-electron chi connectivity index (χ2n) is 4.55. The van der Waals surface area contributed by atoms with Gasteiger partial charge >= 0.3 is 0 Å². The fourth-order valence-electron chi connectivity index (χ4n) is 1.93. The lowest BCUT2D eigenvalue weighted by atomic mass is 9.99. The number of rotatable bonds is 4. The summed E-state index contributed by atoms with van der Waals surface area (Å²) in [4.78, 5) is 11.9. The van der Waals surface area contributed by atoms with E-state index in [4.69, 9.17) is 10.5 Å². The number of nitrogens with zero attached hydrogens (tertiary/aromatic N) is 1. The summed E-state index contributed by atoms with van der Waals surface area (Å²) in [6, 6.07) is 3.13. The van der Waals surface area contributed by atoms with Gasteiger partial charge in [-0.05, 0) is 19.4 Å². The molecule has 0 radical (unpaired) electrons. The number of nitrogens with two attached hydrogens (primary N) is 1. The average molecular weight is 251 g/mol. The molecule has 0 aromatic heterocycles. The van der Waals surface area contributed by atoms with Gasteiger partial charge in [0.05, 0.1) is 7.11 Å². The number of carbonyl (C=O) groups excluding carboxylic acids is 1. The van der Waals surface area contributed by atoms with E-state index in [1.54, 1.807) is 26.2 Å². The van der Waals surface area contributed by atoms with Gasteiger partial charge in [0, 0.05) is 19.7 Å². The first kappa shape index (κ1) is 14.5. The lowest BCUT2D eigenvalue weighted by Gasteiger charge is -2.20. The van der Waals surface area contributed by atoms with Gasteiger partial charge in [-0.3, -0.25) is 10.2 Å². The molecule has 18 heavy (non-hydrogen) atoms. The summed E-state index contributed by atoms with van der Waals surface area (Å²) in [6.07, 6.45) is 0. The molecule has 1 unspecified atom stereocenters. The Labute approximate surface area is 108 Å². The first-order chi connectivity index (χ1) is 8.36. The number of benzene rings is 1. The molecular weight excluding hydrogens is 230 g/mol. The number of aryl methyl sites for hydroxylation is 2. The zero-order valence-corrected chi connectivity index (χ0v) is 11.6. The smallest absolute Gasteiger partial charge is 0.255 e. The van der Waals surface area contributed by atoms with Crippen molar-refractivity contribution < 1.29 is 9.53 Å². The quantitative estimate of drug-likeness (QED) is 0.780. The molecule has 1 atom stereocenters. The molecule has 100 valence electrons. The van der Waals surface area contributed by atoms with E-state index in [1.165, 1.54) is 0 Å². The zero-order chi connectivity index (χ0) is 13.9. The fourth-order valence-corrected chi connectivity index (χ4v) is 1.93. The van der Waals surface area contributed by atoms with Gasteiger partial charge in [0.25, 0.3) is 5.91 Å². The number of hydrazine groups is 1. The van der Waals surface area contributed by atoms with Crippen LogP contribution >= 0.6 is 0 Å². The lowest BCUT2D eigenvalue weighted by Crippen LogP contribution is -2.42. The maximum atomic E-state index is 11.9. The Morgan fingerprint density at radius 1 is 1.39 bits per heavy atom. The van der Waals surface area contributed by atoms with Gasteiger partial charge in [0.1, 0.15) is 11.8 Å². The average Bonchev–Trinajstić information content (AvgIpc) is 2.26. The highest BCUT2D eigenvalue weighted by atomic mass is 16.5. The van der Waals surface area contributed by atoms with Crippen LogP contribution in [-0.2, 0) is 4.79 Å². The van der Waals surface area contributed by atoms with Crippen LogP contribution in [0.15, 0.2) is 12.1 Å². The minimum absolute atomic E-state index is 0.261. The molecule has 0 spiro atoms. The van der Waals surface area contributed by atoms with Crippen LogP contribution < -0.4 is 15.9 Å². The summed E-state index contributed by atoms with van der Waals surface area (Å²) in [5.41, 5.74) is 11.4. The summed E-state index contributed by atoms with van der Waals surface area (Å²) in [5.74, 6) is 0.408. The fraction of sp³-hybridized carbons (Fsp3) is 0.462. The highest BCUT2D eigenvalue weighted by molar-refractivity contribution is 5.83. The van der Waals surface area contributed by atoms with Gasteiger partial charge in [-0.25, -0.2) is 5.01 Å². The Hall–Kier alpha value is -1.59. The van der Waals surface area contributed by atoms with Crippen molar-refractivity contribution in [1.82, 2.24) is 10.4 Å². The van der Waals surface area contributed by atoms with Gasteiger partial charge < -0.3 is 10.5 Å². The molecule has 0 aliphatic carbocycles. The highest BCUT2D eigenvalue weighted by Crippen LogP contribution is 2.29. The van der Waals surface area contributed by atoms with Crippen molar-refractivity contribution in [3.05, 3.63) is 28.8 Å². The molecule has 0 aliphatic rings. The maximum absolute atomic E-state index is 11.9. The molecule has 0 heterocycles. The molecule has 0 saturated heterocycles. The van der Waals surface area contributed by atoms with E-state index >= 15 is 0 Å². The van der Waals surface area contributed by atoms with Crippen molar-refractivity contribution in [3.63, 3.8) is 0 Å². The van der Waals surface area contributed by atoms with Gasteiger partial charge in [0.2, 0.25) is 0 Å². The van der Waals surface area contributed by atoms with E-state index in [0.29, 0.717) is 11.3 Å². The van der Waals surface area contributed by atoms with Gasteiger partial charge in [0.15, 0.2) is 0 Å². The lowest BCUT2D eigenvalue weighted by molar-refractivity contribution is -0.126. The number of nitrogens with one attached hydrogen (secondary N) is 1. The van der Waals surface area contributed by atoms with Crippen LogP contribution in [0.5, 0.6) is 5.75 Å². The first-order valence-electron chi connectivity index (χ1n) is 5.75. The van der Waals surface area contributed by atoms with Crippen LogP contribution in [0.25, 0.3) is 0 Å². The summed E-state index contributed by atoms with van der Waals surface area (Å²) < 4.78 is 5.33. The third kappa shape index (κ3) is 3.21. The number of amides is 1. The van der Waals surface area contributed by atoms with Crippen molar-refractivity contribution in [1.29, 1.82) is 0 Å². The van der Waals surface area contributed by atoms with Crippen LogP contribution in [0.2, 0.25) is 0 Å². The third-order valence-electron chi connectivity index (χ3n) is 2.60. The number of methoxy groups -OCH3 is 1. The Bertz CT molecular complexity index is 444. The van der Waals surface area contributed by atoms with Crippen LogP contribution in [0.4, 0.5) is 0 Å². The molecule has 0 saturated carbocycles. The van der Waals surface area contributed by atoms with Gasteiger partial charge in [-0.2, -0.15) is 0 Å². The summed E-state index contributed by atoms with van der Waals surface area (Å²) >= 11 is 0. The SMILES string of the molecule is COc1c(C)cc(C)cc1C(N)C(=O)NN(C)C. The van der Waals surface area contributed by atoms with Crippen molar-refractivity contribution in [2.75, 3.05) is 21.2 Å². The molecule has 5 heteroatoms. The summed E-state index contributed by atoms with van der Waals surface area (Å²) in [5, 5.41) is 1.57. The maximum Gasteiger partial charge on any atom is 0.255 e. The molecular formula is C13H21N3O2. The van der Waals surface area contributed by atoms with E-state index in [-0.39, 0.29) is 5.91 Å². The Morgan fingerprint density at radius 2 is 2.00 bits per heavy atom. The molecule has 1 aromatic rings. The standard InChI is InChI=1S/C13H21N3O2/c1-8-6-9(2)12(18-5)10(7-8)11(14)13(17)15-16(3)4/h6-7,11H,14H2,1-5H3,(H,15,17). The van der Waals surface area contributed by atoms with Crippen LogP contribution in [0.1, 0.15) is 22.7 Å². The first-order valence-corrected chi connectivity index (χ1v) is 5.75. The highest BCUT2D eigenvalue weighted by Gasteiger charge is 2.21. The number of ether oxygens (including phenoxy) is 1. The summed E-state index contributed by atoms with van der Waals surface area (Å²) in [7, 11) is 5.06. The van der Waals surface area contributed by atoms with Crippen molar-refractivity contribution in [2.45, 2.75) is 19.9 Å². The number of carbonyl (C=O) groups is 1. The monoisotopic (exact) mass is 251 g/mol. The van der Waals surface area contributed by atoms with E-state index < -0.39 is 6.04 Å². The minimum Gasteiger partial charge on any atom is -0.496 e. The zero-order valence-electron chi connectivity index (χ0n) is 11.6. The van der Waals surface area contributed by atoms with E-state index in [0.717, 1.165) is 11.1 Å². The number of hydrogen-bond acceptors (Lipinski definition) is 4. The van der Waals surface area contributed by atoms with E-state index in [1.807, 2.05) is 26.0 Å². The molecule has 0 bridgehead atoms. The molecule has 0 aliphatic heterocycles. The molecule has 1 aromatic carbocycles. The minimum atomic E-state index is -0.749. The van der Waals surface area contributed by atoms with Gasteiger partial charge in [-0.1, -0.05) is 17.7 Å². The van der Waals surface area contributed by atoms with Crippen molar-refractivity contribution in [3.8, 4) is 5.75 Å². The summed E-state index contributed by atoms with van der Waals surface area (Å²) in [6.45, 7) is 3.90. The topological polar surface area (TPSA) is 67.6 Å². The van der Waals surface area contributed by atoms with Crippen LogP contribution in [0.3, 0.4) is 0 Å². The normalized spacial score (nSPS) is 12.4. The molecule has 1 rings (SSSR count). The largest absolute Gasteiger partial charge is 0.496 e. The Kier molecular flexibility index (Phi) is 4.69. The predicted octanol–water partition coefficient (Wildman–Crippen LogP) is 0.905. The molecule has 3 N–H and O–H groups in total. The second kappa shape index (κ2) is 5.84. The molecule has 5 nitrogen and oxygen atoms in total. The van der Waals surface area contributed by atoms with Crippen molar-refractivity contribution in [2.24, 2.45) is 5.73 Å². The van der Waals surface area contributed by atoms with E-state index in [9.17, 15) is 4.79 Å². The van der Waals surface area contributed by atoms with Crippen molar-refractivity contribution >= 4 is 5.91 Å². The third-order valence-corrected chi connectivity index (χ3v) is 2.60. The Balaban J connectivity index is 3.11.